The Labute approximate surface area is 184 Å². The molecule has 7 heteroatoms. The maximum absolute atomic E-state index is 10.7. The second kappa shape index (κ2) is 9.47. The lowest BCUT2D eigenvalue weighted by molar-refractivity contribution is -0.108. The van der Waals surface area contributed by atoms with Crippen LogP contribution in [0.2, 0.25) is 0 Å². The summed E-state index contributed by atoms with van der Waals surface area (Å²) >= 11 is 0. The standard InChI is InChI=1S/C24H31N5O2/c1-17(2)22-21(31-3)9-4-18-16-25-24(27-23(18)22)26-19-5-7-20(8-6-19)29-12-10-28(11-13-29)14-15-30/h5-8,15-17H,4,9-14H2,1-3H3,(H,25,26,27). The zero-order valence-electron chi connectivity index (χ0n) is 18.6. The second-order valence-electron chi connectivity index (χ2n) is 8.39. The molecule has 1 aromatic heterocycles. The molecule has 0 spiro atoms. The van der Waals surface area contributed by atoms with E-state index in [9.17, 15) is 4.79 Å². The number of benzene rings is 1. The molecule has 1 aromatic carbocycles. The van der Waals surface area contributed by atoms with E-state index in [1.165, 1.54) is 16.8 Å². The molecule has 1 N–H and O–H groups in total. The number of allylic oxidation sites excluding steroid dienone is 2. The third-order valence-electron chi connectivity index (χ3n) is 6.06. The lowest BCUT2D eigenvalue weighted by atomic mass is 9.88. The molecule has 0 radical (unpaired) electrons. The number of hydrogen-bond donors (Lipinski definition) is 1. The van der Waals surface area contributed by atoms with Gasteiger partial charge < -0.3 is 19.7 Å². The van der Waals surface area contributed by atoms with Crippen LogP contribution in [0.3, 0.4) is 0 Å². The number of carbonyl (C=O) groups excluding carboxylic acids is 1. The van der Waals surface area contributed by atoms with Gasteiger partial charge >= 0.3 is 0 Å². The molecule has 1 aliphatic carbocycles. The van der Waals surface area contributed by atoms with E-state index in [-0.39, 0.29) is 0 Å². The number of carbonyl (C=O) groups is 1. The van der Waals surface area contributed by atoms with Gasteiger partial charge in [0.05, 0.1) is 19.3 Å². The van der Waals surface area contributed by atoms with Crippen molar-refractivity contribution in [3.8, 4) is 0 Å². The van der Waals surface area contributed by atoms with Crippen molar-refractivity contribution in [2.24, 2.45) is 5.92 Å². The molecule has 2 heterocycles. The number of fused-ring (bicyclic) bond motifs is 1. The summed E-state index contributed by atoms with van der Waals surface area (Å²) in [5.41, 5.74) is 5.51. The molecule has 0 unspecified atom stereocenters. The zero-order valence-corrected chi connectivity index (χ0v) is 18.6. The second-order valence-corrected chi connectivity index (χ2v) is 8.39. The molecule has 0 saturated carbocycles. The van der Waals surface area contributed by atoms with Crippen molar-refractivity contribution in [1.29, 1.82) is 0 Å². The van der Waals surface area contributed by atoms with Gasteiger partial charge in [-0.05, 0) is 42.2 Å². The van der Waals surface area contributed by atoms with E-state index in [1.54, 1.807) is 7.11 Å². The Bertz CT molecular complexity index is 947. The summed E-state index contributed by atoms with van der Waals surface area (Å²) in [5, 5.41) is 3.35. The van der Waals surface area contributed by atoms with Gasteiger partial charge in [0.25, 0.3) is 0 Å². The number of nitrogens with zero attached hydrogens (tertiary/aromatic N) is 4. The number of hydrogen-bond acceptors (Lipinski definition) is 7. The highest BCUT2D eigenvalue weighted by Crippen LogP contribution is 2.35. The largest absolute Gasteiger partial charge is 0.501 e. The summed E-state index contributed by atoms with van der Waals surface area (Å²) in [6, 6.07) is 8.38. The number of methoxy groups -OCH3 is 1. The quantitative estimate of drug-likeness (QED) is 0.686. The van der Waals surface area contributed by atoms with Crippen LogP contribution in [0.15, 0.2) is 36.2 Å². The molecule has 1 fully saturated rings. The molecule has 0 amide bonds. The molecular weight excluding hydrogens is 390 g/mol. The van der Waals surface area contributed by atoms with Crippen LogP contribution in [0.1, 0.15) is 31.5 Å². The minimum absolute atomic E-state index is 0.336. The Hall–Kier alpha value is -2.93. The third-order valence-corrected chi connectivity index (χ3v) is 6.06. The van der Waals surface area contributed by atoms with Crippen LogP contribution in [-0.2, 0) is 16.0 Å². The summed E-state index contributed by atoms with van der Waals surface area (Å²) in [4.78, 5) is 24.6. The Kier molecular flexibility index (Phi) is 6.51. The predicted octanol–water partition coefficient (Wildman–Crippen LogP) is 3.50. The number of aromatic nitrogens is 2. The topological polar surface area (TPSA) is 70.6 Å². The van der Waals surface area contributed by atoms with E-state index in [0.29, 0.717) is 18.4 Å². The van der Waals surface area contributed by atoms with Crippen molar-refractivity contribution in [2.45, 2.75) is 26.7 Å². The smallest absolute Gasteiger partial charge is 0.227 e. The summed E-state index contributed by atoms with van der Waals surface area (Å²) in [7, 11) is 1.74. The van der Waals surface area contributed by atoms with Crippen molar-refractivity contribution >= 4 is 29.2 Å². The molecule has 0 atom stereocenters. The Morgan fingerprint density at radius 3 is 2.52 bits per heavy atom. The Morgan fingerprint density at radius 2 is 1.87 bits per heavy atom. The van der Waals surface area contributed by atoms with E-state index in [2.05, 4.69) is 58.2 Å². The van der Waals surface area contributed by atoms with Crippen LogP contribution in [0.25, 0.3) is 5.57 Å². The lowest BCUT2D eigenvalue weighted by Crippen LogP contribution is -2.46. The molecule has 4 rings (SSSR count). The minimum Gasteiger partial charge on any atom is -0.501 e. The van der Waals surface area contributed by atoms with Crippen molar-refractivity contribution in [1.82, 2.24) is 14.9 Å². The van der Waals surface area contributed by atoms with Gasteiger partial charge in [-0.15, -0.1) is 0 Å². The molecular formula is C24H31N5O2. The van der Waals surface area contributed by atoms with Crippen molar-refractivity contribution < 1.29 is 9.53 Å². The first kappa shape index (κ1) is 21.3. The van der Waals surface area contributed by atoms with Crippen LogP contribution < -0.4 is 10.2 Å². The molecule has 1 aliphatic heterocycles. The van der Waals surface area contributed by atoms with Crippen LogP contribution >= 0.6 is 0 Å². The fourth-order valence-electron chi connectivity index (χ4n) is 4.38. The SMILES string of the molecule is COC1=C(C(C)C)c2nc(Nc3ccc(N4CCN(CC=O)CC4)cc3)ncc2CC1. The normalized spacial score (nSPS) is 17.0. The Morgan fingerprint density at radius 1 is 1.13 bits per heavy atom. The number of piperazine rings is 1. The summed E-state index contributed by atoms with van der Waals surface area (Å²) in [6.45, 7) is 8.57. The zero-order chi connectivity index (χ0) is 21.8. The molecule has 7 nitrogen and oxygen atoms in total. The number of nitrogens with one attached hydrogen (secondary N) is 1. The third kappa shape index (κ3) is 4.71. The summed E-state index contributed by atoms with van der Waals surface area (Å²) in [6.07, 6.45) is 4.73. The van der Waals surface area contributed by atoms with Gasteiger partial charge in [0.2, 0.25) is 5.95 Å². The van der Waals surface area contributed by atoms with Gasteiger partial charge in [0, 0.05) is 55.7 Å². The first-order valence-corrected chi connectivity index (χ1v) is 11.0. The minimum atomic E-state index is 0.336. The van der Waals surface area contributed by atoms with E-state index in [1.807, 2.05) is 6.20 Å². The molecule has 2 aromatic rings. The number of aryl methyl sites for hydroxylation is 1. The van der Waals surface area contributed by atoms with Crippen LogP contribution in [0.4, 0.5) is 17.3 Å². The first-order valence-electron chi connectivity index (χ1n) is 11.0. The molecule has 1 saturated heterocycles. The monoisotopic (exact) mass is 421 g/mol. The maximum atomic E-state index is 10.7. The molecule has 2 aliphatic rings. The van der Waals surface area contributed by atoms with Crippen LogP contribution in [0, 0.1) is 5.92 Å². The fraction of sp³-hybridized carbons (Fsp3) is 0.458. The highest BCUT2D eigenvalue weighted by Gasteiger charge is 2.24. The van der Waals surface area contributed by atoms with Crippen molar-refractivity contribution in [3.63, 3.8) is 0 Å². The van der Waals surface area contributed by atoms with E-state index in [4.69, 9.17) is 9.72 Å². The first-order chi connectivity index (χ1) is 15.1. The van der Waals surface area contributed by atoms with Gasteiger partial charge in [-0.25, -0.2) is 9.97 Å². The van der Waals surface area contributed by atoms with Gasteiger partial charge in [-0.3, -0.25) is 4.90 Å². The summed E-state index contributed by atoms with van der Waals surface area (Å²) in [5.74, 6) is 1.97. The van der Waals surface area contributed by atoms with Crippen molar-refractivity contribution in [2.75, 3.05) is 50.1 Å². The van der Waals surface area contributed by atoms with E-state index in [0.717, 1.165) is 62.4 Å². The fourth-order valence-corrected chi connectivity index (χ4v) is 4.38. The lowest BCUT2D eigenvalue weighted by Gasteiger charge is -2.35. The van der Waals surface area contributed by atoms with Crippen LogP contribution in [-0.4, -0.2) is 61.0 Å². The highest BCUT2D eigenvalue weighted by molar-refractivity contribution is 5.71. The maximum Gasteiger partial charge on any atom is 0.227 e. The highest BCUT2D eigenvalue weighted by atomic mass is 16.5. The number of aldehydes is 1. The molecule has 31 heavy (non-hydrogen) atoms. The van der Waals surface area contributed by atoms with E-state index < -0.39 is 0 Å². The van der Waals surface area contributed by atoms with E-state index >= 15 is 0 Å². The predicted molar refractivity (Wildman–Crippen MR) is 124 cm³/mol. The molecule has 0 bridgehead atoms. The average Bonchev–Trinajstić information content (AvgIpc) is 2.79. The number of anilines is 3. The van der Waals surface area contributed by atoms with Crippen molar-refractivity contribution in [3.05, 3.63) is 47.5 Å². The van der Waals surface area contributed by atoms with Gasteiger partial charge in [-0.2, -0.15) is 0 Å². The number of ether oxygens (including phenoxy) is 1. The number of rotatable bonds is 7. The average molecular weight is 422 g/mol. The van der Waals surface area contributed by atoms with Crippen LogP contribution in [0.5, 0.6) is 0 Å². The summed E-state index contributed by atoms with van der Waals surface area (Å²) < 4.78 is 5.64. The molecule has 164 valence electrons. The Balaban J connectivity index is 1.47. The van der Waals surface area contributed by atoms with Gasteiger partial charge in [0.1, 0.15) is 12.0 Å². The van der Waals surface area contributed by atoms with Gasteiger partial charge in [0.15, 0.2) is 0 Å². The van der Waals surface area contributed by atoms with Gasteiger partial charge in [-0.1, -0.05) is 13.8 Å².